The standard InChI is InChI=1S/C26H26BrNO3/c27-22-12-6-10-20(16-22)25(28-15-7-11-21(17-28)26(29)30)23-13-4-5-14-24(23)31-18-19-8-2-1-3-9-19/h1-6,8-10,12-14,16,21,25H,7,11,15,17-18H2,(H,29,30). The molecule has 1 aliphatic rings. The summed E-state index contributed by atoms with van der Waals surface area (Å²) in [5, 5.41) is 9.63. The molecule has 3 aromatic carbocycles. The monoisotopic (exact) mass is 479 g/mol. The number of rotatable bonds is 7. The molecular formula is C26H26BrNO3. The summed E-state index contributed by atoms with van der Waals surface area (Å²) < 4.78 is 7.27. The largest absolute Gasteiger partial charge is 0.489 e. The van der Waals surface area contributed by atoms with E-state index in [1.165, 1.54) is 0 Å². The zero-order valence-corrected chi connectivity index (χ0v) is 18.9. The molecule has 5 heteroatoms. The van der Waals surface area contributed by atoms with Gasteiger partial charge in [0.2, 0.25) is 0 Å². The molecule has 1 heterocycles. The molecule has 0 aliphatic carbocycles. The van der Waals surface area contributed by atoms with Gasteiger partial charge in [0.25, 0.3) is 0 Å². The van der Waals surface area contributed by atoms with E-state index in [1.807, 2.05) is 48.5 Å². The van der Waals surface area contributed by atoms with Crippen LogP contribution in [0.25, 0.3) is 0 Å². The van der Waals surface area contributed by atoms with Crippen LogP contribution in [0, 0.1) is 5.92 Å². The van der Waals surface area contributed by atoms with Gasteiger partial charge in [-0.2, -0.15) is 0 Å². The number of aliphatic carboxylic acids is 1. The van der Waals surface area contributed by atoms with Crippen molar-refractivity contribution in [2.45, 2.75) is 25.5 Å². The van der Waals surface area contributed by atoms with E-state index in [0.717, 1.165) is 46.3 Å². The van der Waals surface area contributed by atoms with Gasteiger partial charge in [0.05, 0.1) is 12.0 Å². The molecule has 160 valence electrons. The van der Waals surface area contributed by atoms with Gasteiger partial charge < -0.3 is 9.84 Å². The third-order valence-electron chi connectivity index (χ3n) is 5.78. The number of carboxylic acid groups (broad SMARTS) is 1. The topological polar surface area (TPSA) is 49.8 Å². The number of carboxylic acids is 1. The van der Waals surface area contributed by atoms with Crippen LogP contribution in [0.3, 0.4) is 0 Å². The molecule has 4 rings (SSSR count). The number of hydrogen-bond donors (Lipinski definition) is 1. The van der Waals surface area contributed by atoms with Crippen LogP contribution in [0.1, 0.15) is 35.6 Å². The van der Waals surface area contributed by atoms with Crippen molar-refractivity contribution < 1.29 is 14.6 Å². The van der Waals surface area contributed by atoms with Gasteiger partial charge in [-0.25, -0.2) is 0 Å². The van der Waals surface area contributed by atoms with Crippen LogP contribution in [0.15, 0.2) is 83.3 Å². The summed E-state index contributed by atoms with van der Waals surface area (Å²) in [5.41, 5.74) is 3.29. The molecule has 1 aliphatic heterocycles. The Balaban J connectivity index is 1.69. The minimum atomic E-state index is -0.716. The number of para-hydroxylation sites is 1. The average Bonchev–Trinajstić information content (AvgIpc) is 2.80. The van der Waals surface area contributed by atoms with E-state index in [4.69, 9.17) is 4.74 Å². The fourth-order valence-electron chi connectivity index (χ4n) is 4.28. The van der Waals surface area contributed by atoms with Crippen LogP contribution in [0.2, 0.25) is 0 Å². The number of likely N-dealkylation sites (tertiary alicyclic amines) is 1. The molecule has 0 amide bonds. The normalized spacial score (nSPS) is 17.8. The summed E-state index contributed by atoms with van der Waals surface area (Å²) >= 11 is 3.60. The van der Waals surface area contributed by atoms with Crippen LogP contribution in [-0.4, -0.2) is 29.1 Å². The lowest BCUT2D eigenvalue weighted by molar-refractivity contribution is -0.143. The summed E-state index contributed by atoms with van der Waals surface area (Å²) in [5.74, 6) is -0.235. The summed E-state index contributed by atoms with van der Waals surface area (Å²) in [6.45, 7) is 1.87. The lowest BCUT2D eigenvalue weighted by atomic mass is 9.91. The highest BCUT2D eigenvalue weighted by molar-refractivity contribution is 9.10. The van der Waals surface area contributed by atoms with Crippen molar-refractivity contribution in [3.63, 3.8) is 0 Å². The van der Waals surface area contributed by atoms with E-state index in [2.05, 4.69) is 51.2 Å². The second-order valence-corrected chi connectivity index (χ2v) is 8.86. The maximum absolute atomic E-state index is 11.7. The van der Waals surface area contributed by atoms with Gasteiger partial charge in [0.15, 0.2) is 0 Å². The van der Waals surface area contributed by atoms with Gasteiger partial charge in [-0.05, 0) is 48.7 Å². The third-order valence-corrected chi connectivity index (χ3v) is 6.28. The smallest absolute Gasteiger partial charge is 0.307 e. The highest BCUT2D eigenvalue weighted by atomic mass is 79.9. The Morgan fingerprint density at radius 1 is 1.06 bits per heavy atom. The highest BCUT2D eigenvalue weighted by Gasteiger charge is 2.32. The van der Waals surface area contributed by atoms with E-state index < -0.39 is 5.97 Å². The Morgan fingerprint density at radius 3 is 2.61 bits per heavy atom. The van der Waals surface area contributed by atoms with Crippen LogP contribution >= 0.6 is 15.9 Å². The Bertz CT molecular complexity index is 1020. The number of piperidine rings is 1. The Kier molecular flexibility index (Phi) is 7.05. The van der Waals surface area contributed by atoms with Crippen LogP contribution < -0.4 is 4.74 Å². The first-order valence-electron chi connectivity index (χ1n) is 10.6. The maximum Gasteiger partial charge on any atom is 0.307 e. The highest BCUT2D eigenvalue weighted by Crippen LogP contribution is 2.38. The van der Waals surface area contributed by atoms with E-state index in [1.54, 1.807) is 0 Å². The number of hydrogen-bond acceptors (Lipinski definition) is 3. The molecule has 1 fully saturated rings. The van der Waals surface area contributed by atoms with E-state index in [9.17, 15) is 9.90 Å². The second-order valence-electron chi connectivity index (χ2n) is 7.94. The Hall–Kier alpha value is -2.63. The molecule has 1 saturated heterocycles. The number of benzene rings is 3. The summed E-state index contributed by atoms with van der Waals surface area (Å²) in [4.78, 5) is 14.0. The Labute approximate surface area is 191 Å². The number of nitrogens with zero attached hydrogens (tertiary/aromatic N) is 1. The molecule has 2 atom stereocenters. The SMILES string of the molecule is O=C(O)C1CCCN(C(c2cccc(Br)c2)c2ccccc2OCc2ccccc2)C1. The predicted molar refractivity (Wildman–Crippen MR) is 125 cm³/mol. The molecule has 3 aromatic rings. The molecule has 0 radical (unpaired) electrons. The van der Waals surface area contributed by atoms with E-state index >= 15 is 0 Å². The van der Waals surface area contributed by atoms with E-state index in [0.29, 0.717) is 13.2 Å². The molecule has 0 aromatic heterocycles. The molecular weight excluding hydrogens is 454 g/mol. The minimum absolute atomic E-state index is 0.0772. The van der Waals surface area contributed by atoms with Gasteiger partial charge in [-0.1, -0.05) is 76.6 Å². The van der Waals surface area contributed by atoms with Crippen LogP contribution in [0.4, 0.5) is 0 Å². The van der Waals surface area contributed by atoms with Crippen molar-refractivity contribution in [1.29, 1.82) is 0 Å². The molecule has 1 N–H and O–H groups in total. The first-order chi connectivity index (χ1) is 15.1. The fraction of sp³-hybridized carbons (Fsp3) is 0.269. The molecule has 0 bridgehead atoms. The first-order valence-corrected chi connectivity index (χ1v) is 11.4. The number of halogens is 1. The summed E-state index contributed by atoms with van der Waals surface area (Å²) in [6, 6.07) is 26.4. The first kappa shape index (κ1) is 21.6. The predicted octanol–water partition coefficient (Wildman–Crippen LogP) is 5.91. The average molecular weight is 480 g/mol. The van der Waals surface area contributed by atoms with Crippen molar-refractivity contribution in [3.05, 3.63) is 100 Å². The molecule has 2 unspecified atom stereocenters. The second kappa shape index (κ2) is 10.1. The zero-order valence-electron chi connectivity index (χ0n) is 17.3. The van der Waals surface area contributed by atoms with Crippen LogP contribution in [-0.2, 0) is 11.4 Å². The quantitative estimate of drug-likeness (QED) is 0.457. The van der Waals surface area contributed by atoms with Crippen molar-refractivity contribution in [3.8, 4) is 5.75 Å². The van der Waals surface area contributed by atoms with Gasteiger partial charge in [-0.15, -0.1) is 0 Å². The number of ether oxygens (including phenoxy) is 1. The molecule has 31 heavy (non-hydrogen) atoms. The molecule has 4 nitrogen and oxygen atoms in total. The lowest BCUT2D eigenvalue weighted by Gasteiger charge is -2.38. The third kappa shape index (κ3) is 5.35. The number of carbonyl (C=O) groups is 1. The fourth-order valence-corrected chi connectivity index (χ4v) is 4.70. The van der Waals surface area contributed by atoms with Gasteiger partial charge in [-0.3, -0.25) is 9.69 Å². The van der Waals surface area contributed by atoms with Gasteiger partial charge in [0, 0.05) is 16.6 Å². The van der Waals surface area contributed by atoms with E-state index in [-0.39, 0.29) is 12.0 Å². The van der Waals surface area contributed by atoms with Crippen molar-refractivity contribution in [1.82, 2.24) is 4.90 Å². The van der Waals surface area contributed by atoms with Gasteiger partial charge >= 0.3 is 5.97 Å². The van der Waals surface area contributed by atoms with Gasteiger partial charge in [0.1, 0.15) is 12.4 Å². The van der Waals surface area contributed by atoms with Crippen molar-refractivity contribution in [2.24, 2.45) is 5.92 Å². The maximum atomic E-state index is 11.7. The molecule has 0 spiro atoms. The summed E-state index contributed by atoms with van der Waals surface area (Å²) in [7, 11) is 0. The lowest BCUT2D eigenvalue weighted by Crippen LogP contribution is -2.41. The zero-order chi connectivity index (χ0) is 21.6. The van der Waals surface area contributed by atoms with Crippen molar-refractivity contribution in [2.75, 3.05) is 13.1 Å². The summed E-state index contributed by atoms with van der Waals surface area (Å²) in [6.07, 6.45) is 1.59. The van der Waals surface area contributed by atoms with Crippen LogP contribution in [0.5, 0.6) is 5.75 Å². The molecule has 0 saturated carbocycles. The Morgan fingerprint density at radius 2 is 1.84 bits per heavy atom. The van der Waals surface area contributed by atoms with Crippen molar-refractivity contribution >= 4 is 21.9 Å². The minimum Gasteiger partial charge on any atom is -0.489 e.